The highest BCUT2D eigenvalue weighted by Crippen LogP contribution is 2.30. The number of ether oxygens (including phenoxy) is 1. The van der Waals surface area contributed by atoms with Crippen molar-refractivity contribution >= 4 is 24.0 Å². The van der Waals surface area contributed by atoms with Crippen molar-refractivity contribution < 1.29 is 9.53 Å². The number of H-pyrrole nitrogens is 1. The van der Waals surface area contributed by atoms with Crippen molar-refractivity contribution in [1.82, 2.24) is 15.5 Å². The molecule has 0 radical (unpaired) electrons. The van der Waals surface area contributed by atoms with Crippen LogP contribution in [0.5, 0.6) is 0 Å². The number of anilines is 1. The third-order valence-corrected chi connectivity index (χ3v) is 3.22. The number of carbonyl (C=O) groups is 1. The third-order valence-electron chi connectivity index (χ3n) is 3.22. The number of aromatic amines is 1. The second kappa shape index (κ2) is 6.72. The third kappa shape index (κ3) is 3.22. The standard InChI is InChI=1S/C11H18N4O2.ClH/c1-17-8-11(2-4-12-5-3-11)10(16)15-9-6-13-14-7-9;/h6-7,12H,2-5,8H2,1H3,(H,13,14)(H,15,16);1H. The van der Waals surface area contributed by atoms with Crippen molar-refractivity contribution in [3.63, 3.8) is 0 Å². The summed E-state index contributed by atoms with van der Waals surface area (Å²) in [6.45, 7) is 2.16. The molecule has 0 spiro atoms. The molecule has 18 heavy (non-hydrogen) atoms. The molecule has 1 saturated heterocycles. The molecule has 0 unspecified atom stereocenters. The lowest BCUT2D eigenvalue weighted by Crippen LogP contribution is -2.47. The Morgan fingerprint density at radius 1 is 1.56 bits per heavy atom. The van der Waals surface area contributed by atoms with Crippen LogP contribution in [0.2, 0.25) is 0 Å². The van der Waals surface area contributed by atoms with Gasteiger partial charge in [-0.05, 0) is 25.9 Å². The molecule has 0 saturated carbocycles. The fraction of sp³-hybridized carbons (Fsp3) is 0.636. The Morgan fingerprint density at radius 3 is 2.83 bits per heavy atom. The molecule has 1 aliphatic rings. The summed E-state index contributed by atoms with van der Waals surface area (Å²) in [5.74, 6) is 0.0160. The van der Waals surface area contributed by atoms with E-state index in [1.165, 1.54) is 0 Å². The molecule has 1 fully saturated rings. The summed E-state index contributed by atoms with van der Waals surface area (Å²) in [4.78, 5) is 12.3. The maximum atomic E-state index is 12.3. The van der Waals surface area contributed by atoms with Crippen LogP contribution in [0.1, 0.15) is 12.8 Å². The van der Waals surface area contributed by atoms with Gasteiger partial charge in [0.2, 0.25) is 5.91 Å². The van der Waals surface area contributed by atoms with Crippen molar-refractivity contribution in [2.24, 2.45) is 5.41 Å². The highest BCUT2D eigenvalue weighted by molar-refractivity contribution is 5.95. The normalized spacial score (nSPS) is 17.8. The fourth-order valence-corrected chi connectivity index (χ4v) is 2.20. The Hall–Kier alpha value is -1.11. The highest BCUT2D eigenvalue weighted by atomic mass is 35.5. The number of hydrogen-bond donors (Lipinski definition) is 3. The Balaban J connectivity index is 0.00000162. The largest absolute Gasteiger partial charge is 0.384 e. The second-order valence-corrected chi connectivity index (χ2v) is 4.40. The van der Waals surface area contributed by atoms with Gasteiger partial charge in [-0.25, -0.2) is 0 Å². The SMILES string of the molecule is COCC1(C(=O)Nc2cn[nH]c2)CCNCC1.Cl. The molecule has 1 aromatic rings. The van der Waals surface area contributed by atoms with Gasteiger partial charge in [-0.2, -0.15) is 5.10 Å². The van der Waals surface area contributed by atoms with Gasteiger partial charge in [0, 0.05) is 13.3 Å². The van der Waals surface area contributed by atoms with Gasteiger partial charge in [0.25, 0.3) is 0 Å². The zero-order valence-corrected chi connectivity index (χ0v) is 11.2. The second-order valence-electron chi connectivity index (χ2n) is 4.40. The molecule has 6 nitrogen and oxygen atoms in total. The number of aromatic nitrogens is 2. The summed E-state index contributed by atoms with van der Waals surface area (Å²) < 4.78 is 5.21. The van der Waals surface area contributed by atoms with E-state index in [9.17, 15) is 4.79 Å². The number of amides is 1. The Bertz CT molecular complexity index is 358. The molecule has 1 aromatic heterocycles. The molecule has 3 N–H and O–H groups in total. The summed E-state index contributed by atoms with van der Waals surface area (Å²) in [5.41, 5.74) is 0.279. The highest BCUT2D eigenvalue weighted by Gasteiger charge is 2.39. The summed E-state index contributed by atoms with van der Waals surface area (Å²) >= 11 is 0. The van der Waals surface area contributed by atoms with E-state index in [0.29, 0.717) is 12.3 Å². The Kier molecular flexibility index (Phi) is 5.58. The zero-order chi connectivity index (χ0) is 12.1. The molecular formula is C11H19ClN4O2. The first-order valence-electron chi connectivity index (χ1n) is 5.77. The zero-order valence-electron chi connectivity index (χ0n) is 10.4. The first kappa shape index (κ1) is 14.9. The Labute approximate surface area is 112 Å². The number of halogens is 1. The minimum Gasteiger partial charge on any atom is -0.384 e. The van der Waals surface area contributed by atoms with Crippen molar-refractivity contribution in [2.45, 2.75) is 12.8 Å². The number of hydrogen-bond acceptors (Lipinski definition) is 4. The van der Waals surface area contributed by atoms with Crippen LogP contribution in [0.15, 0.2) is 12.4 Å². The number of nitrogens with zero attached hydrogens (tertiary/aromatic N) is 1. The van der Waals surface area contributed by atoms with E-state index < -0.39 is 5.41 Å². The van der Waals surface area contributed by atoms with Crippen LogP contribution in [0.3, 0.4) is 0 Å². The molecule has 102 valence electrons. The average molecular weight is 275 g/mol. The molecule has 2 heterocycles. The minimum absolute atomic E-state index is 0. The van der Waals surface area contributed by atoms with Gasteiger partial charge >= 0.3 is 0 Å². The maximum Gasteiger partial charge on any atom is 0.233 e. The van der Waals surface area contributed by atoms with E-state index in [1.807, 2.05) is 0 Å². The quantitative estimate of drug-likeness (QED) is 0.758. The van der Waals surface area contributed by atoms with Crippen LogP contribution < -0.4 is 10.6 Å². The van der Waals surface area contributed by atoms with Crippen LogP contribution in [0.25, 0.3) is 0 Å². The van der Waals surface area contributed by atoms with Crippen LogP contribution in [0.4, 0.5) is 5.69 Å². The lowest BCUT2D eigenvalue weighted by atomic mass is 9.78. The smallest absolute Gasteiger partial charge is 0.233 e. The van der Waals surface area contributed by atoms with Crippen LogP contribution in [0, 0.1) is 5.41 Å². The molecule has 0 bridgehead atoms. The van der Waals surface area contributed by atoms with E-state index in [-0.39, 0.29) is 18.3 Å². The first-order chi connectivity index (χ1) is 8.27. The summed E-state index contributed by atoms with van der Waals surface area (Å²) in [7, 11) is 1.63. The molecule has 1 amide bonds. The maximum absolute atomic E-state index is 12.3. The van der Waals surface area contributed by atoms with E-state index in [1.54, 1.807) is 19.5 Å². The number of rotatable bonds is 4. The molecule has 2 rings (SSSR count). The molecule has 0 aromatic carbocycles. The monoisotopic (exact) mass is 274 g/mol. The van der Waals surface area contributed by atoms with Crippen LogP contribution >= 0.6 is 12.4 Å². The lowest BCUT2D eigenvalue weighted by molar-refractivity contribution is -0.130. The summed E-state index contributed by atoms with van der Waals surface area (Å²) in [5, 5.41) is 12.6. The molecular weight excluding hydrogens is 256 g/mol. The first-order valence-corrected chi connectivity index (χ1v) is 5.77. The average Bonchev–Trinajstić information content (AvgIpc) is 2.83. The number of piperidine rings is 1. The van der Waals surface area contributed by atoms with Gasteiger partial charge in [0.1, 0.15) is 0 Å². The van der Waals surface area contributed by atoms with Crippen LogP contribution in [-0.4, -0.2) is 42.9 Å². The van der Waals surface area contributed by atoms with Crippen molar-refractivity contribution in [3.05, 3.63) is 12.4 Å². The van der Waals surface area contributed by atoms with E-state index in [0.717, 1.165) is 25.9 Å². The Morgan fingerprint density at radius 2 is 2.28 bits per heavy atom. The van der Waals surface area contributed by atoms with Gasteiger partial charge in [0.05, 0.1) is 23.9 Å². The number of nitrogens with one attached hydrogen (secondary N) is 3. The van der Waals surface area contributed by atoms with E-state index in [4.69, 9.17) is 4.74 Å². The summed E-state index contributed by atoms with van der Waals surface area (Å²) in [6.07, 6.45) is 4.86. The molecule has 7 heteroatoms. The van der Waals surface area contributed by atoms with E-state index >= 15 is 0 Å². The summed E-state index contributed by atoms with van der Waals surface area (Å²) in [6, 6.07) is 0. The van der Waals surface area contributed by atoms with Gasteiger partial charge in [-0.1, -0.05) is 0 Å². The number of methoxy groups -OCH3 is 1. The van der Waals surface area contributed by atoms with Gasteiger partial charge in [-0.3, -0.25) is 9.89 Å². The van der Waals surface area contributed by atoms with Gasteiger partial charge in [0.15, 0.2) is 0 Å². The van der Waals surface area contributed by atoms with Crippen molar-refractivity contribution in [3.8, 4) is 0 Å². The van der Waals surface area contributed by atoms with E-state index in [2.05, 4.69) is 20.8 Å². The van der Waals surface area contributed by atoms with Crippen molar-refractivity contribution in [1.29, 1.82) is 0 Å². The molecule has 0 aliphatic carbocycles. The lowest BCUT2D eigenvalue weighted by Gasteiger charge is -2.35. The van der Waals surface area contributed by atoms with Crippen molar-refractivity contribution in [2.75, 3.05) is 32.1 Å². The predicted octanol–water partition coefficient (Wildman–Crippen LogP) is 0.786. The topological polar surface area (TPSA) is 79.0 Å². The predicted molar refractivity (Wildman–Crippen MR) is 70.9 cm³/mol. The van der Waals surface area contributed by atoms with Gasteiger partial charge in [-0.15, -0.1) is 12.4 Å². The molecule has 1 aliphatic heterocycles. The minimum atomic E-state index is -0.419. The fourth-order valence-electron chi connectivity index (χ4n) is 2.20. The van der Waals surface area contributed by atoms with Gasteiger partial charge < -0.3 is 15.4 Å². The molecule has 0 atom stereocenters. The number of carbonyl (C=O) groups excluding carboxylic acids is 1. The van der Waals surface area contributed by atoms with Crippen LogP contribution in [-0.2, 0) is 9.53 Å².